The molecule has 2 aromatic rings. The molecule has 0 heterocycles. The Morgan fingerprint density at radius 2 is 1.77 bits per heavy atom. The molecule has 0 saturated heterocycles. The lowest BCUT2D eigenvalue weighted by atomic mass is 10.2. The standard InChI is InChI=1S/C16H13Cl2NO3/c1-10-2-7-14(13(18)8-10)19-15(20)9-22-16(21)11-3-5-12(17)6-4-11/h2-8H,9H2,1H3,(H,19,20). The maximum absolute atomic E-state index is 11.8. The smallest absolute Gasteiger partial charge is 0.338 e. The van der Waals surface area contributed by atoms with Crippen LogP contribution < -0.4 is 5.32 Å². The van der Waals surface area contributed by atoms with Gasteiger partial charge in [0.05, 0.1) is 16.3 Å². The van der Waals surface area contributed by atoms with Crippen molar-refractivity contribution in [3.8, 4) is 0 Å². The highest BCUT2D eigenvalue weighted by Crippen LogP contribution is 2.22. The topological polar surface area (TPSA) is 55.4 Å². The summed E-state index contributed by atoms with van der Waals surface area (Å²) in [6.07, 6.45) is 0. The van der Waals surface area contributed by atoms with Gasteiger partial charge in [0.1, 0.15) is 0 Å². The third-order valence-corrected chi connectivity index (χ3v) is 3.38. The van der Waals surface area contributed by atoms with Gasteiger partial charge in [0.2, 0.25) is 0 Å². The number of hydrogen-bond donors (Lipinski definition) is 1. The first-order valence-electron chi connectivity index (χ1n) is 6.44. The molecular formula is C16H13Cl2NO3. The second-order valence-corrected chi connectivity index (χ2v) is 5.46. The van der Waals surface area contributed by atoms with Crippen molar-refractivity contribution < 1.29 is 14.3 Å². The van der Waals surface area contributed by atoms with Crippen molar-refractivity contribution in [1.29, 1.82) is 0 Å². The van der Waals surface area contributed by atoms with Crippen molar-refractivity contribution >= 4 is 40.8 Å². The quantitative estimate of drug-likeness (QED) is 0.854. The minimum absolute atomic E-state index is 0.325. The molecule has 6 heteroatoms. The first-order valence-corrected chi connectivity index (χ1v) is 7.20. The van der Waals surface area contributed by atoms with E-state index in [1.165, 1.54) is 12.1 Å². The SMILES string of the molecule is Cc1ccc(NC(=O)COC(=O)c2ccc(Cl)cc2)c(Cl)c1. The van der Waals surface area contributed by atoms with E-state index in [1.807, 2.05) is 13.0 Å². The number of ether oxygens (including phenoxy) is 1. The number of aryl methyl sites for hydroxylation is 1. The van der Waals surface area contributed by atoms with Gasteiger partial charge >= 0.3 is 5.97 Å². The van der Waals surface area contributed by atoms with Crippen LogP contribution >= 0.6 is 23.2 Å². The average molecular weight is 338 g/mol. The average Bonchev–Trinajstić information content (AvgIpc) is 2.48. The fourth-order valence-corrected chi connectivity index (χ4v) is 2.12. The number of carbonyl (C=O) groups excluding carboxylic acids is 2. The highest BCUT2D eigenvalue weighted by Gasteiger charge is 2.11. The van der Waals surface area contributed by atoms with Crippen molar-refractivity contribution in [3.05, 3.63) is 63.6 Å². The summed E-state index contributed by atoms with van der Waals surface area (Å²) in [5.41, 5.74) is 1.78. The Labute approximate surface area is 138 Å². The van der Waals surface area contributed by atoms with Crippen LogP contribution in [0.2, 0.25) is 10.0 Å². The number of benzene rings is 2. The van der Waals surface area contributed by atoms with Gasteiger partial charge in [-0.3, -0.25) is 4.79 Å². The zero-order valence-corrected chi connectivity index (χ0v) is 13.2. The van der Waals surface area contributed by atoms with Crippen molar-refractivity contribution in [2.45, 2.75) is 6.92 Å². The minimum atomic E-state index is -0.596. The van der Waals surface area contributed by atoms with Crippen molar-refractivity contribution in [2.75, 3.05) is 11.9 Å². The van der Waals surface area contributed by atoms with Gasteiger partial charge < -0.3 is 10.1 Å². The number of hydrogen-bond acceptors (Lipinski definition) is 3. The van der Waals surface area contributed by atoms with Crippen LogP contribution in [-0.4, -0.2) is 18.5 Å². The predicted octanol–water partition coefficient (Wildman–Crippen LogP) is 4.10. The molecule has 1 amide bonds. The fourth-order valence-electron chi connectivity index (χ4n) is 1.71. The summed E-state index contributed by atoms with van der Waals surface area (Å²) in [6, 6.07) is 11.4. The van der Waals surface area contributed by atoms with Crippen LogP contribution in [0.25, 0.3) is 0 Å². The third kappa shape index (κ3) is 4.48. The molecule has 0 aromatic heterocycles. The van der Waals surface area contributed by atoms with E-state index in [2.05, 4.69) is 5.32 Å². The molecule has 0 unspecified atom stereocenters. The first-order chi connectivity index (χ1) is 10.5. The fraction of sp³-hybridized carbons (Fsp3) is 0.125. The van der Waals surface area contributed by atoms with E-state index in [0.717, 1.165) is 5.56 Å². The Balaban J connectivity index is 1.89. The van der Waals surface area contributed by atoms with Crippen molar-refractivity contribution in [2.24, 2.45) is 0 Å². The van der Waals surface area contributed by atoms with Gasteiger partial charge in [0, 0.05) is 5.02 Å². The maximum Gasteiger partial charge on any atom is 0.338 e. The molecule has 0 saturated carbocycles. The van der Waals surface area contributed by atoms with Crippen molar-refractivity contribution in [3.63, 3.8) is 0 Å². The van der Waals surface area contributed by atoms with E-state index in [9.17, 15) is 9.59 Å². The summed E-state index contributed by atoms with van der Waals surface area (Å²) in [7, 11) is 0. The molecule has 0 radical (unpaired) electrons. The number of amides is 1. The number of carbonyl (C=O) groups is 2. The number of nitrogens with one attached hydrogen (secondary N) is 1. The second-order valence-electron chi connectivity index (χ2n) is 4.61. The molecule has 0 aliphatic carbocycles. The molecule has 0 aliphatic rings. The molecule has 2 rings (SSSR count). The Bertz CT molecular complexity index is 699. The van der Waals surface area contributed by atoms with Crippen LogP contribution in [0.4, 0.5) is 5.69 Å². The van der Waals surface area contributed by atoms with E-state index in [4.69, 9.17) is 27.9 Å². The second kappa shape index (κ2) is 7.29. The van der Waals surface area contributed by atoms with Crippen LogP contribution in [0.5, 0.6) is 0 Å². The van der Waals surface area contributed by atoms with Crippen LogP contribution in [0.15, 0.2) is 42.5 Å². The molecule has 22 heavy (non-hydrogen) atoms. The lowest BCUT2D eigenvalue weighted by Gasteiger charge is -2.08. The molecule has 114 valence electrons. The van der Waals surface area contributed by atoms with Crippen LogP contribution in [-0.2, 0) is 9.53 Å². The lowest BCUT2D eigenvalue weighted by Crippen LogP contribution is -2.21. The summed E-state index contributed by atoms with van der Waals surface area (Å²) >= 11 is 11.7. The lowest BCUT2D eigenvalue weighted by molar-refractivity contribution is -0.119. The summed E-state index contributed by atoms with van der Waals surface area (Å²) in [6.45, 7) is 1.50. The normalized spacial score (nSPS) is 10.1. The monoisotopic (exact) mass is 337 g/mol. The van der Waals surface area contributed by atoms with Crippen LogP contribution in [0, 0.1) is 6.92 Å². The number of rotatable bonds is 4. The van der Waals surface area contributed by atoms with Gasteiger partial charge in [-0.1, -0.05) is 29.3 Å². The van der Waals surface area contributed by atoms with Crippen LogP contribution in [0.1, 0.15) is 15.9 Å². The molecule has 0 fully saturated rings. The Morgan fingerprint density at radius 3 is 2.41 bits per heavy atom. The summed E-state index contributed by atoms with van der Waals surface area (Å²) in [4.78, 5) is 23.5. The number of halogens is 2. The highest BCUT2D eigenvalue weighted by molar-refractivity contribution is 6.33. The number of anilines is 1. The van der Waals surface area contributed by atoms with Gasteiger partial charge in [0.25, 0.3) is 5.91 Å². The first kappa shape index (κ1) is 16.3. The summed E-state index contributed by atoms with van der Waals surface area (Å²) in [5, 5.41) is 3.53. The van der Waals surface area contributed by atoms with E-state index < -0.39 is 18.5 Å². The summed E-state index contributed by atoms with van der Waals surface area (Å²) < 4.78 is 4.93. The van der Waals surface area contributed by atoms with Crippen LogP contribution in [0.3, 0.4) is 0 Å². The van der Waals surface area contributed by atoms with E-state index >= 15 is 0 Å². The molecule has 0 spiro atoms. The molecule has 1 N–H and O–H groups in total. The Hall–Kier alpha value is -2.04. The highest BCUT2D eigenvalue weighted by atomic mass is 35.5. The molecule has 0 bridgehead atoms. The van der Waals surface area contributed by atoms with E-state index in [1.54, 1.807) is 24.3 Å². The summed E-state index contributed by atoms with van der Waals surface area (Å²) in [5.74, 6) is -1.06. The minimum Gasteiger partial charge on any atom is -0.452 e. The Kier molecular flexibility index (Phi) is 5.41. The van der Waals surface area contributed by atoms with E-state index in [0.29, 0.717) is 21.3 Å². The number of esters is 1. The van der Waals surface area contributed by atoms with Gasteiger partial charge in [-0.05, 0) is 48.9 Å². The zero-order chi connectivity index (χ0) is 16.1. The van der Waals surface area contributed by atoms with Gasteiger partial charge in [-0.25, -0.2) is 4.79 Å². The van der Waals surface area contributed by atoms with Gasteiger partial charge in [-0.15, -0.1) is 0 Å². The van der Waals surface area contributed by atoms with Gasteiger partial charge in [0.15, 0.2) is 6.61 Å². The molecule has 4 nitrogen and oxygen atoms in total. The maximum atomic E-state index is 11.8. The molecule has 0 aliphatic heterocycles. The molecule has 2 aromatic carbocycles. The Morgan fingerprint density at radius 1 is 1.09 bits per heavy atom. The zero-order valence-electron chi connectivity index (χ0n) is 11.7. The molecule has 0 atom stereocenters. The largest absolute Gasteiger partial charge is 0.452 e. The predicted molar refractivity (Wildman–Crippen MR) is 86.6 cm³/mol. The van der Waals surface area contributed by atoms with Crippen molar-refractivity contribution in [1.82, 2.24) is 0 Å². The van der Waals surface area contributed by atoms with E-state index in [-0.39, 0.29) is 0 Å². The van der Waals surface area contributed by atoms with Gasteiger partial charge in [-0.2, -0.15) is 0 Å². The molecular weight excluding hydrogens is 325 g/mol. The third-order valence-electron chi connectivity index (χ3n) is 2.81.